The molecule has 1 aromatic carbocycles. The van der Waals surface area contributed by atoms with E-state index in [2.05, 4.69) is 17.6 Å². The van der Waals surface area contributed by atoms with Gasteiger partial charge in [-0.25, -0.2) is 4.57 Å². The first-order chi connectivity index (χ1) is 7.27. The molecule has 16 heavy (non-hydrogen) atoms. The van der Waals surface area contributed by atoms with Gasteiger partial charge in [0.2, 0.25) is 0 Å². The smallest absolute Gasteiger partial charge is 0.521 e. The van der Waals surface area contributed by atoms with Crippen molar-refractivity contribution in [3.05, 3.63) is 36.2 Å². The second kappa shape index (κ2) is 3.70. The van der Waals surface area contributed by atoms with E-state index in [9.17, 15) is 0 Å². The number of nitrogens with zero attached hydrogens (tertiary/aromatic N) is 2. The van der Waals surface area contributed by atoms with Crippen molar-refractivity contribution in [3.8, 4) is 17.1 Å². The summed E-state index contributed by atoms with van der Waals surface area (Å²) in [5.41, 5.74) is 2.41. The van der Waals surface area contributed by atoms with Gasteiger partial charge in [-0.2, -0.15) is 0 Å². The molecule has 2 aromatic rings. The van der Waals surface area contributed by atoms with Crippen molar-refractivity contribution in [1.82, 2.24) is 4.57 Å². The monoisotopic (exact) mass is 214 g/mol. The van der Waals surface area contributed by atoms with Gasteiger partial charge >= 0.3 is 7.62 Å². The van der Waals surface area contributed by atoms with Gasteiger partial charge in [-0.15, -0.1) is 0 Å². The van der Waals surface area contributed by atoms with Crippen LogP contribution >= 0.6 is 0 Å². The summed E-state index contributed by atoms with van der Waals surface area (Å²) in [6.45, 7) is 2.10. The Hall–Kier alpha value is -1.71. The molecule has 0 spiro atoms. The Morgan fingerprint density at radius 2 is 2.19 bits per heavy atom. The summed E-state index contributed by atoms with van der Waals surface area (Å²) >= 11 is 0. The van der Waals surface area contributed by atoms with E-state index in [1.807, 2.05) is 36.1 Å². The number of rotatable bonds is 0. The molecule has 0 saturated carbocycles. The third kappa shape index (κ3) is 1.33. The lowest BCUT2D eigenvalue weighted by Gasteiger charge is -2.15. The number of benzene rings is 1. The van der Waals surface area contributed by atoms with Crippen LogP contribution in [0.4, 0.5) is 0 Å². The zero-order valence-electron chi connectivity index (χ0n) is 8.77. The van der Waals surface area contributed by atoms with Crippen molar-refractivity contribution in [2.45, 2.75) is 14.4 Å². The summed E-state index contributed by atoms with van der Waals surface area (Å²) in [4.78, 5) is 0. The maximum Gasteiger partial charge on any atom is 0.680 e. The van der Waals surface area contributed by atoms with E-state index >= 15 is 0 Å². The first kappa shape index (κ1) is 10.8. The van der Waals surface area contributed by atoms with E-state index in [-0.39, 0.29) is 7.43 Å². The molecule has 0 fully saturated rings. The molecule has 81 valence electrons. The summed E-state index contributed by atoms with van der Waals surface area (Å²) in [7, 11) is 3.78. The Balaban J connectivity index is 0.000000963. The van der Waals surface area contributed by atoms with Gasteiger partial charge in [0.25, 0.3) is 5.82 Å². The molecule has 1 radical (unpaired) electrons. The molecule has 3 nitrogen and oxygen atoms in total. The fourth-order valence-electron chi connectivity index (χ4n) is 2.02. The number of imidazole rings is 1. The van der Waals surface area contributed by atoms with Gasteiger partial charge in [-0.05, 0) is 18.6 Å². The normalized spacial score (nSPS) is 11.6. The molecule has 0 aliphatic carbocycles. The molecule has 0 bridgehead atoms. The first-order valence-electron chi connectivity index (χ1n) is 4.94. The number of aryl methyl sites for hydroxylation is 2. The van der Waals surface area contributed by atoms with Gasteiger partial charge in [0, 0.05) is 0 Å². The molecule has 2 heterocycles. The Kier molecular flexibility index (Phi) is 2.50. The predicted molar refractivity (Wildman–Crippen MR) is 64.3 cm³/mol. The van der Waals surface area contributed by atoms with Gasteiger partial charge in [-0.1, -0.05) is 19.6 Å². The lowest BCUT2D eigenvalue weighted by atomic mass is 10.0. The van der Waals surface area contributed by atoms with Crippen LogP contribution in [0.3, 0.4) is 0 Å². The number of aromatic nitrogens is 2. The van der Waals surface area contributed by atoms with E-state index in [0.717, 1.165) is 11.6 Å². The minimum absolute atomic E-state index is 0. The number of hydrogen-bond donors (Lipinski definition) is 0. The molecule has 0 N–H and O–H groups in total. The van der Waals surface area contributed by atoms with E-state index in [0.29, 0.717) is 0 Å². The maximum absolute atomic E-state index is 5.57. The van der Waals surface area contributed by atoms with Gasteiger partial charge in [0.15, 0.2) is 0 Å². The van der Waals surface area contributed by atoms with E-state index in [4.69, 9.17) is 4.65 Å². The highest BCUT2D eigenvalue weighted by molar-refractivity contribution is 6.18. The van der Waals surface area contributed by atoms with Crippen molar-refractivity contribution in [2.75, 3.05) is 0 Å². The summed E-state index contributed by atoms with van der Waals surface area (Å²) in [5.74, 6) is 2.09. The Bertz CT molecular complexity index is 534. The van der Waals surface area contributed by atoms with Crippen molar-refractivity contribution >= 4 is 7.62 Å². The average molecular weight is 214 g/mol. The van der Waals surface area contributed by atoms with Crippen LogP contribution in [0.2, 0.25) is 0 Å². The largest absolute Gasteiger partial charge is 0.680 e. The van der Waals surface area contributed by atoms with Crippen molar-refractivity contribution in [3.63, 3.8) is 0 Å². The minimum atomic E-state index is 0. The van der Waals surface area contributed by atoms with Crippen LogP contribution in [0.15, 0.2) is 30.6 Å². The van der Waals surface area contributed by atoms with Crippen LogP contribution in [-0.4, -0.2) is 12.2 Å². The summed E-state index contributed by atoms with van der Waals surface area (Å²) in [6, 6.07) is 6.11. The Morgan fingerprint density at radius 3 is 3.00 bits per heavy atom. The van der Waals surface area contributed by atoms with Gasteiger partial charge in [0.05, 0.1) is 7.05 Å². The van der Waals surface area contributed by atoms with E-state index in [1.54, 1.807) is 7.62 Å². The average Bonchev–Trinajstić information content (AvgIpc) is 2.61. The Morgan fingerprint density at radius 1 is 1.38 bits per heavy atom. The highest BCUT2D eigenvalue weighted by Crippen LogP contribution is 2.32. The van der Waals surface area contributed by atoms with Crippen molar-refractivity contribution < 1.29 is 9.13 Å². The second-order valence-electron chi connectivity index (χ2n) is 3.81. The maximum atomic E-state index is 5.57. The molecule has 4 heteroatoms. The fraction of sp³-hybridized carbons (Fsp3) is 0.250. The van der Waals surface area contributed by atoms with Crippen molar-refractivity contribution in [2.24, 2.45) is 7.05 Å². The fourth-order valence-corrected chi connectivity index (χ4v) is 2.02. The lowest BCUT2D eigenvalue weighted by Crippen LogP contribution is -2.46. The lowest BCUT2D eigenvalue weighted by molar-refractivity contribution is -0.527. The van der Waals surface area contributed by atoms with Crippen LogP contribution in [-0.2, 0) is 7.05 Å². The standard InChI is InChI=1S/C11H11BN2O.CH4/c1-8-4-3-5-9-10(8)11-13(2)6-7-14(11)12-15-9;/h3-7H,1-2H3;1H4/q+1;. The highest BCUT2D eigenvalue weighted by Gasteiger charge is 2.29. The highest BCUT2D eigenvalue weighted by atomic mass is 16.4. The molecule has 0 atom stereocenters. The predicted octanol–water partition coefficient (Wildman–Crippen LogP) is 1.70. The summed E-state index contributed by atoms with van der Waals surface area (Å²) in [5, 5.41) is 0. The van der Waals surface area contributed by atoms with E-state index < -0.39 is 0 Å². The van der Waals surface area contributed by atoms with Gasteiger partial charge in [0.1, 0.15) is 23.7 Å². The summed E-state index contributed by atoms with van der Waals surface area (Å²) in [6.07, 6.45) is 4.02. The molecule has 1 aliphatic rings. The van der Waals surface area contributed by atoms with Crippen LogP contribution in [0, 0.1) is 6.92 Å². The molecule has 0 amide bonds. The molecule has 1 aromatic heterocycles. The minimum Gasteiger partial charge on any atom is -0.521 e. The molecule has 3 rings (SSSR count). The first-order valence-corrected chi connectivity index (χ1v) is 4.94. The molecule has 0 saturated heterocycles. The molecule has 0 unspecified atom stereocenters. The zero-order chi connectivity index (χ0) is 10.4. The third-order valence-electron chi connectivity index (χ3n) is 2.78. The van der Waals surface area contributed by atoms with Crippen LogP contribution in [0.5, 0.6) is 5.75 Å². The van der Waals surface area contributed by atoms with Gasteiger partial charge < -0.3 is 4.65 Å². The molecule has 1 aliphatic heterocycles. The molecular weight excluding hydrogens is 199 g/mol. The Labute approximate surface area is 96.6 Å². The number of fused-ring (bicyclic) bond motifs is 3. The quantitative estimate of drug-likeness (QED) is 0.610. The number of hydrogen-bond acceptors (Lipinski definition) is 1. The second-order valence-corrected chi connectivity index (χ2v) is 3.81. The van der Waals surface area contributed by atoms with Gasteiger partial charge in [-0.3, -0.25) is 4.48 Å². The van der Waals surface area contributed by atoms with Crippen LogP contribution in [0.1, 0.15) is 13.0 Å². The van der Waals surface area contributed by atoms with Crippen LogP contribution < -0.4 is 9.13 Å². The zero-order valence-corrected chi connectivity index (χ0v) is 8.77. The topological polar surface area (TPSA) is 18.0 Å². The summed E-state index contributed by atoms with van der Waals surface area (Å²) < 4.78 is 9.67. The molecular formula is C12H15BN2O+. The SMILES string of the molecule is C.Cc1cccc2c1-c1n(C)cc[n+]1[B]O2. The van der Waals surface area contributed by atoms with Crippen LogP contribution in [0.25, 0.3) is 11.4 Å². The third-order valence-corrected chi connectivity index (χ3v) is 2.78. The van der Waals surface area contributed by atoms with Crippen molar-refractivity contribution in [1.29, 1.82) is 0 Å². The van der Waals surface area contributed by atoms with E-state index in [1.165, 1.54) is 11.1 Å².